The van der Waals surface area contributed by atoms with Gasteiger partial charge in [-0.15, -0.1) is 0 Å². The molecule has 0 aliphatic carbocycles. The Bertz CT molecular complexity index is 1060. The number of para-hydroxylation sites is 1. The highest BCUT2D eigenvalue weighted by molar-refractivity contribution is 5.80. The zero-order valence-electron chi connectivity index (χ0n) is 17.5. The first-order valence-corrected chi connectivity index (χ1v) is 9.94. The molecule has 0 bridgehead atoms. The summed E-state index contributed by atoms with van der Waals surface area (Å²) in [5.41, 5.74) is 8.15. The lowest BCUT2D eigenvalue weighted by atomic mass is 10.2. The number of nitrogens with zero attached hydrogens (tertiary/aromatic N) is 4. The number of nitrogens with one attached hydrogen (secondary N) is 1. The molecule has 9 heteroatoms. The molecule has 162 valence electrons. The maximum Gasteiger partial charge on any atom is 0.159 e. The second kappa shape index (κ2) is 8.95. The molecule has 0 unspecified atom stereocenters. The summed E-state index contributed by atoms with van der Waals surface area (Å²) in [4.78, 5) is 12.8. The molecule has 2 heterocycles. The minimum atomic E-state index is -0.212. The van der Waals surface area contributed by atoms with Crippen LogP contribution >= 0.6 is 0 Å². The molecule has 31 heavy (non-hydrogen) atoms. The predicted octanol–water partition coefficient (Wildman–Crippen LogP) is 3.29. The van der Waals surface area contributed by atoms with Crippen LogP contribution in [0.5, 0.6) is 11.5 Å². The first-order chi connectivity index (χ1) is 15.1. The van der Waals surface area contributed by atoms with E-state index in [0.717, 1.165) is 0 Å². The van der Waals surface area contributed by atoms with Gasteiger partial charge in [0, 0.05) is 32.2 Å². The van der Waals surface area contributed by atoms with E-state index in [4.69, 9.17) is 15.2 Å². The smallest absolute Gasteiger partial charge is 0.159 e. The van der Waals surface area contributed by atoms with Crippen LogP contribution < -0.4 is 30.3 Å². The maximum atomic E-state index is 14.1. The van der Waals surface area contributed by atoms with Gasteiger partial charge in [0.2, 0.25) is 0 Å². The van der Waals surface area contributed by atoms with E-state index in [1.807, 2.05) is 23.1 Å². The Hall–Kier alpha value is -3.75. The highest BCUT2D eigenvalue weighted by Gasteiger charge is 2.23. The van der Waals surface area contributed by atoms with Gasteiger partial charge in [0.05, 0.1) is 25.6 Å². The van der Waals surface area contributed by atoms with Crippen molar-refractivity contribution in [1.82, 2.24) is 9.97 Å². The number of benzene rings is 2. The number of piperazine rings is 1. The second-order valence-corrected chi connectivity index (χ2v) is 7.08. The van der Waals surface area contributed by atoms with Crippen molar-refractivity contribution in [1.29, 1.82) is 0 Å². The number of nitrogen functional groups attached to an aromatic ring is 1. The van der Waals surface area contributed by atoms with Crippen molar-refractivity contribution in [3.63, 3.8) is 0 Å². The molecule has 0 spiro atoms. The van der Waals surface area contributed by atoms with E-state index in [1.165, 1.54) is 12.4 Å². The third-order valence-electron chi connectivity index (χ3n) is 5.29. The fourth-order valence-corrected chi connectivity index (χ4v) is 3.64. The molecule has 8 nitrogen and oxygen atoms in total. The molecule has 2 aromatic carbocycles. The lowest BCUT2D eigenvalue weighted by molar-refractivity contribution is 0.405. The van der Waals surface area contributed by atoms with Crippen LogP contribution in [-0.2, 0) is 0 Å². The van der Waals surface area contributed by atoms with E-state index >= 15 is 0 Å². The molecule has 3 N–H and O–H groups in total. The standard InChI is InChI=1S/C22H25FN6O2/c1-30-15-7-8-19(31-2)17(13-15)27-21-20(24)22(26-14-25-21)29-11-9-28(10-12-29)18-6-4-3-5-16(18)23/h3-8,13-14H,9-12,24H2,1-2H3,(H,25,26,27). The Labute approximate surface area is 180 Å². The van der Waals surface area contributed by atoms with Gasteiger partial charge in [-0.3, -0.25) is 0 Å². The molecule has 0 atom stereocenters. The first kappa shape index (κ1) is 20.5. The summed E-state index contributed by atoms with van der Waals surface area (Å²) in [5, 5.41) is 3.22. The van der Waals surface area contributed by atoms with Crippen LogP contribution in [0.2, 0.25) is 0 Å². The summed E-state index contributed by atoms with van der Waals surface area (Å²) in [6.45, 7) is 2.66. The zero-order chi connectivity index (χ0) is 21.8. The van der Waals surface area contributed by atoms with Crippen molar-refractivity contribution in [3.05, 3.63) is 54.6 Å². The molecule has 1 aromatic heterocycles. The summed E-state index contributed by atoms with van der Waals surface area (Å²) in [7, 11) is 3.19. The van der Waals surface area contributed by atoms with Gasteiger partial charge in [-0.1, -0.05) is 12.1 Å². The van der Waals surface area contributed by atoms with Crippen molar-refractivity contribution >= 4 is 28.7 Å². The van der Waals surface area contributed by atoms with Gasteiger partial charge >= 0.3 is 0 Å². The normalized spacial score (nSPS) is 13.8. The van der Waals surface area contributed by atoms with Crippen LogP contribution in [0.3, 0.4) is 0 Å². The molecule has 0 radical (unpaired) electrons. The molecule has 1 saturated heterocycles. The Morgan fingerprint density at radius 2 is 1.71 bits per heavy atom. The summed E-state index contributed by atoms with van der Waals surface area (Å²) < 4.78 is 24.8. The summed E-state index contributed by atoms with van der Waals surface area (Å²) in [6.07, 6.45) is 1.48. The monoisotopic (exact) mass is 424 g/mol. The van der Waals surface area contributed by atoms with Gasteiger partial charge in [-0.25, -0.2) is 14.4 Å². The number of rotatable bonds is 6. The van der Waals surface area contributed by atoms with Crippen molar-refractivity contribution in [3.8, 4) is 11.5 Å². The third-order valence-corrected chi connectivity index (χ3v) is 5.29. The van der Waals surface area contributed by atoms with Gasteiger partial charge < -0.3 is 30.3 Å². The van der Waals surface area contributed by atoms with Crippen LogP contribution in [0.25, 0.3) is 0 Å². The summed E-state index contributed by atoms with van der Waals surface area (Å²) in [6, 6.07) is 12.3. The van der Waals surface area contributed by atoms with E-state index in [1.54, 1.807) is 32.4 Å². The number of aromatic nitrogens is 2. The van der Waals surface area contributed by atoms with Crippen LogP contribution in [0.15, 0.2) is 48.8 Å². The van der Waals surface area contributed by atoms with Gasteiger partial charge in [0.15, 0.2) is 11.6 Å². The van der Waals surface area contributed by atoms with Crippen molar-refractivity contribution in [2.45, 2.75) is 0 Å². The molecule has 1 aliphatic heterocycles. The van der Waals surface area contributed by atoms with Gasteiger partial charge in [-0.2, -0.15) is 0 Å². The van der Waals surface area contributed by atoms with Crippen LogP contribution in [0.4, 0.5) is 33.1 Å². The molecule has 1 fully saturated rings. The lowest BCUT2D eigenvalue weighted by Gasteiger charge is -2.37. The Morgan fingerprint density at radius 1 is 0.968 bits per heavy atom. The predicted molar refractivity (Wildman–Crippen MR) is 120 cm³/mol. The summed E-state index contributed by atoms with van der Waals surface area (Å²) in [5.74, 6) is 2.23. The molecule has 3 aromatic rings. The topological polar surface area (TPSA) is 88.8 Å². The molecule has 1 aliphatic rings. The minimum absolute atomic E-state index is 0.212. The second-order valence-electron chi connectivity index (χ2n) is 7.08. The van der Waals surface area contributed by atoms with Crippen LogP contribution in [0.1, 0.15) is 0 Å². The Kier molecular flexibility index (Phi) is 5.92. The Balaban J connectivity index is 1.52. The number of methoxy groups -OCH3 is 2. The highest BCUT2D eigenvalue weighted by Crippen LogP contribution is 2.35. The van der Waals surface area contributed by atoms with Crippen LogP contribution in [0, 0.1) is 5.82 Å². The van der Waals surface area contributed by atoms with E-state index in [0.29, 0.717) is 66.4 Å². The fraction of sp³-hybridized carbons (Fsp3) is 0.273. The lowest BCUT2D eigenvalue weighted by Crippen LogP contribution is -2.47. The average Bonchev–Trinajstić information content (AvgIpc) is 2.81. The third kappa shape index (κ3) is 4.25. The van der Waals surface area contributed by atoms with Crippen LogP contribution in [-0.4, -0.2) is 50.4 Å². The number of hydrogen-bond donors (Lipinski definition) is 2. The SMILES string of the molecule is COc1ccc(OC)c(Nc2ncnc(N3CCN(c4ccccc4F)CC3)c2N)c1. The number of ether oxygens (including phenoxy) is 2. The number of nitrogens with two attached hydrogens (primary N) is 1. The van der Waals surface area contributed by atoms with Gasteiger partial charge in [0.1, 0.15) is 29.3 Å². The minimum Gasteiger partial charge on any atom is -0.497 e. The number of hydrogen-bond acceptors (Lipinski definition) is 8. The van der Waals surface area contributed by atoms with E-state index in [-0.39, 0.29) is 5.82 Å². The van der Waals surface area contributed by atoms with Gasteiger partial charge in [-0.05, 0) is 24.3 Å². The fourth-order valence-electron chi connectivity index (χ4n) is 3.64. The van der Waals surface area contributed by atoms with Crippen molar-refractivity contribution in [2.24, 2.45) is 0 Å². The summed E-state index contributed by atoms with van der Waals surface area (Å²) >= 11 is 0. The van der Waals surface area contributed by atoms with Crippen molar-refractivity contribution < 1.29 is 13.9 Å². The zero-order valence-corrected chi connectivity index (χ0v) is 17.5. The maximum absolute atomic E-state index is 14.1. The molecule has 4 rings (SSSR count). The quantitative estimate of drug-likeness (QED) is 0.623. The van der Waals surface area contributed by atoms with E-state index in [2.05, 4.69) is 20.2 Å². The van der Waals surface area contributed by atoms with Crippen molar-refractivity contribution in [2.75, 3.05) is 61.2 Å². The Morgan fingerprint density at radius 3 is 2.42 bits per heavy atom. The molecule has 0 amide bonds. The van der Waals surface area contributed by atoms with E-state index in [9.17, 15) is 4.39 Å². The molecule has 0 saturated carbocycles. The molecular formula is C22H25FN6O2. The van der Waals surface area contributed by atoms with E-state index < -0.39 is 0 Å². The molecular weight excluding hydrogens is 399 g/mol. The highest BCUT2D eigenvalue weighted by atomic mass is 19.1. The largest absolute Gasteiger partial charge is 0.497 e. The number of halogens is 1. The van der Waals surface area contributed by atoms with Gasteiger partial charge in [0.25, 0.3) is 0 Å². The average molecular weight is 424 g/mol. The number of anilines is 5. The first-order valence-electron chi connectivity index (χ1n) is 9.94.